The molecule has 0 rings (SSSR count). The van der Waals surface area contributed by atoms with Crippen LogP contribution in [0.5, 0.6) is 0 Å². The van der Waals surface area contributed by atoms with Gasteiger partial charge in [-0.2, -0.15) is 0 Å². The first-order valence-corrected chi connectivity index (χ1v) is 10.0. The second kappa shape index (κ2) is 30.2. The Kier molecular flexibility index (Phi) is 53.1. The van der Waals surface area contributed by atoms with E-state index in [-0.39, 0.29) is 65.4 Å². The Morgan fingerprint density at radius 3 is 0.333 bits per heavy atom. The second-order valence-electron chi connectivity index (χ2n) is 12.8. The fourth-order valence-corrected chi connectivity index (χ4v) is 0. The Morgan fingerprint density at radius 1 is 0.300 bits per heavy atom. The molecule has 0 fully saturated rings. The van der Waals surface area contributed by atoms with Crippen LogP contribution in [-0.2, 0) is 65.4 Å². The van der Waals surface area contributed by atoms with Crippen LogP contribution in [-0.4, -0.2) is 0 Å². The summed E-state index contributed by atoms with van der Waals surface area (Å²) in [7, 11) is 0. The van der Waals surface area contributed by atoms with Gasteiger partial charge in [-0.3, -0.25) is 0 Å². The third kappa shape index (κ3) is 2310. The molecule has 0 bridgehead atoms. The van der Waals surface area contributed by atoms with Crippen LogP contribution >= 0.6 is 0 Å². The molecule has 0 aliphatic carbocycles. The molecule has 2 radical (unpaired) electrons. The minimum absolute atomic E-state index is 0. The molecule has 0 amide bonds. The van der Waals surface area contributed by atoms with Gasteiger partial charge in [-0.15, -0.1) is 0 Å². The summed E-state index contributed by atoms with van der Waals surface area (Å²) in [6, 6.07) is 0. The van der Waals surface area contributed by atoms with Gasteiger partial charge in [0.25, 0.3) is 0 Å². The van der Waals surface area contributed by atoms with Gasteiger partial charge in [-0.25, -0.2) is 0 Å². The van der Waals surface area contributed by atoms with E-state index in [2.05, 4.69) is 111 Å². The fourth-order valence-electron chi connectivity index (χ4n) is 0. The minimum atomic E-state index is 0. The van der Waals surface area contributed by atoms with E-state index >= 15 is 0 Å². The van der Waals surface area contributed by atoms with E-state index in [1.54, 1.807) is 0 Å². The first kappa shape index (κ1) is 52.8. The van der Waals surface area contributed by atoms with Crippen LogP contribution in [0.2, 0.25) is 0 Å². The van der Waals surface area contributed by atoms with Crippen molar-refractivity contribution in [2.75, 3.05) is 0 Å². The normalized spacial score (nSPS) is 9.33. The summed E-state index contributed by atoms with van der Waals surface area (Å²) >= 11 is 0. The zero-order chi connectivity index (χ0) is 24.8. The van der Waals surface area contributed by atoms with Gasteiger partial charge in [0.2, 0.25) is 0 Å². The van der Waals surface area contributed by atoms with Crippen molar-refractivity contribution < 1.29 is 65.4 Å². The quantitative estimate of drug-likeness (QED) is 0.229. The zero-order valence-corrected chi connectivity index (χ0v) is 29.5. The van der Waals surface area contributed by atoms with Crippen molar-refractivity contribution in [2.45, 2.75) is 111 Å². The molecule has 0 N–H and O–H groups in total. The Bertz CT molecular complexity index is 241. The summed E-state index contributed by atoms with van der Waals surface area (Å²) in [5.74, 6) is 0. The van der Waals surface area contributed by atoms with Gasteiger partial charge >= 0.3 is 0 Å². The van der Waals surface area contributed by atoms with Crippen molar-refractivity contribution >= 4 is 0 Å². The van der Waals surface area contributed by atoms with E-state index in [1.807, 2.05) is 0 Å². The molecule has 178 valence electrons. The van der Waals surface area contributed by atoms with Gasteiger partial charge in [0.1, 0.15) is 0 Å². The topological polar surface area (TPSA) is 0 Å². The predicted molar refractivity (Wildman–Crippen MR) is 136 cm³/mol. The maximum absolute atomic E-state index is 4.72. The molecule has 0 aromatic heterocycles. The third-order valence-electron chi connectivity index (χ3n) is 0.222. The molecule has 0 aromatic rings. The van der Waals surface area contributed by atoms with E-state index < -0.39 is 0 Å². The van der Waals surface area contributed by atoms with Gasteiger partial charge in [-0.1, -0.05) is 111 Å². The molecular formula is C28H56Y2-4. The molecular weight excluding hydrogens is 514 g/mol. The van der Waals surface area contributed by atoms with Gasteiger partial charge < -0.3 is 50.6 Å². The maximum atomic E-state index is 4.72. The van der Waals surface area contributed by atoms with Crippen LogP contribution in [0.3, 0.4) is 0 Å². The molecule has 0 saturated heterocycles. The average molecular weight is 571 g/mol. The molecule has 2 heteroatoms. The fraction of sp³-hybridized carbons (Fsp3) is 0.714. The minimum Gasteiger partial charge on any atom is -0.394 e. The van der Waals surface area contributed by atoms with E-state index in [0.717, 1.165) is 0 Å². The zero-order valence-electron chi connectivity index (χ0n) is 23.8. The Labute approximate surface area is 246 Å². The molecule has 0 atom stereocenters. The van der Waals surface area contributed by atoms with Crippen molar-refractivity contribution in [2.24, 2.45) is 21.7 Å². The van der Waals surface area contributed by atoms with E-state index in [0.29, 0.717) is 21.7 Å². The first-order valence-electron chi connectivity index (χ1n) is 10.0. The number of hydrogen-bond acceptors (Lipinski definition) is 0. The SMILES string of the molecule is CC(C)(C)C.CC(C)(C)C.CC(C)(C)C.CC(C)(C)C.[CH-]=CC=[CH-].[CH-]=CC=[CH-].[Y].[Y]. The van der Waals surface area contributed by atoms with E-state index in [9.17, 15) is 0 Å². The Hall–Kier alpha value is 1.17. The van der Waals surface area contributed by atoms with Crippen LogP contribution in [0.15, 0.2) is 24.3 Å². The molecule has 0 saturated carbocycles. The smallest absolute Gasteiger partial charge is 0 e. The van der Waals surface area contributed by atoms with Crippen molar-refractivity contribution in [3.63, 3.8) is 0 Å². The Balaban J connectivity index is -0.0000000319. The van der Waals surface area contributed by atoms with Gasteiger partial charge in [0.15, 0.2) is 0 Å². The molecule has 30 heavy (non-hydrogen) atoms. The third-order valence-corrected chi connectivity index (χ3v) is 0.222. The molecule has 0 aliphatic rings. The average Bonchev–Trinajstić information content (AvgIpc) is 2.30. The summed E-state index contributed by atoms with van der Waals surface area (Å²) in [5.41, 5.74) is 2.00. The first-order chi connectivity index (χ1) is 11.8. The number of allylic oxidation sites excluding steroid dienone is 4. The summed E-state index contributed by atoms with van der Waals surface area (Å²) in [4.78, 5) is 0. The Morgan fingerprint density at radius 2 is 0.333 bits per heavy atom. The molecule has 0 aromatic carbocycles. The van der Waals surface area contributed by atoms with Crippen molar-refractivity contribution in [1.82, 2.24) is 0 Å². The molecule has 0 spiro atoms. The maximum Gasteiger partial charge on any atom is 0 e. The number of hydrogen-bond donors (Lipinski definition) is 0. The van der Waals surface area contributed by atoms with E-state index in [1.165, 1.54) is 24.3 Å². The van der Waals surface area contributed by atoms with Gasteiger partial charge in [-0.05, 0) is 21.7 Å². The van der Waals surface area contributed by atoms with Crippen LogP contribution in [0.1, 0.15) is 111 Å². The number of rotatable bonds is 2. The summed E-state index contributed by atoms with van der Waals surface area (Å²) in [6.45, 7) is 53.9. The van der Waals surface area contributed by atoms with Gasteiger partial charge in [0.05, 0.1) is 0 Å². The van der Waals surface area contributed by atoms with Crippen molar-refractivity contribution in [1.29, 1.82) is 0 Å². The molecule has 0 aliphatic heterocycles. The van der Waals surface area contributed by atoms with Crippen molar-refractivity contribution in [3.8, 4) is 0 Å². The van der Waals surface area contributed by atoms with Crippen LogP contribution < -0.4 is 0 Å². The van der Waals surface area contributed by atoms with Gasteiger partial charge in [0, 0.05) is 65.4 Å². The monoisotopic (exact) mass is 570 g/mol. The largest absolute Gasteiger partial charge is 0.394 e. The molecule has 0 nitrogen and oxygen atoms in total. The molecule has 0 unspecified atom stereocenters. The second-order valence-corrected chi connectivity index (χ2v) is 12.8. The summed E-state index contributed by atoms with van der Waals surface area (Å²) in [6.07, 6.45) is 5.11. The van der Waals surface area contributed by atoms with Crippen LogP contribution in [0, 0.1) is 48.0 Å². The van der Waals surface area contributed by atoms with Crippen LogP contribution in [0.4, 0.5) is 0 Å². The standard InChI is InChI=1S/4C5H12.2C4H4.2Y/c4*1-5(2,3)4;2*1-3-4-2;;/h4*1-4H3;2*1-4H;;/q;;;;2*-2;;. The summed E-state index contributed by atoms with van der Waals surface area (Å²) < 4.78 is 0. The summed E-state index contributed by atoms with van der Waals surface area (Å²) in [5, 5.41) is 0. The van der Waals surface area contributed by atoms with Crippen LogP contribution in [0.25, 0.3) is 0 Å². The molecule has 0 heterocycles. The van der Waals surface area contributed by atoms with E-state index in [4.69, 9.17) is 26.3 Å². The predicted octanol–water partition coefficient (Wildman–Crippen LogP) is 10.1. The van der Waals surface area contributed by atoms with Crippen molar-refractivity contribution in [3.05, 3.63) is 50.6 Å².